The predicted octanol–water partition coefficient (Wildman–Crippen LogP) is 5.74. The van der Waals surface area contributed by atoms with Crippen molar-refractivity contribution < 1.29 is 19.1 Å². The van der Waals surface area contributed by atoms with Gasteiger partial charge in [-0.05, 0) is 97.0 Å². The topological polar surface area (TPSA) is 89.0 Å². The van der Waals surface area contributed by atoms with Crippen LogP contribution in [-0.2, 0) is 4.79 Å². The number of carbonyl (C=O) groups is 2. The Bertz CT molecular complexity index is 1250. The van der Waals surface area contributed by atoms with Crippen molar-refractivity contribution in [3.05, 3.63) is 85.4 Å². The minimum absolute atomic E-state index is 0.173. The number of rotatable bonds is 9. The Morgan fingerprint density at radius 1 is 1.06 bits per heavy atom. The van der Waals surface area contributed by atoms with Crippen LogP contribution in [0.25, 0.3) is 0 Å². The zero-order valence-corrected chi connectivity index (χ0v) is 22.4. The van der Waals surface area contributed by atoms with E-state index < -0.39 is 0 Å². The van der Waals surface area contributed by atoms with Crippen molar-refractivity contribution in [2.45, 2.75) is 20.8 Å². The van der Waals surface area contributed by atoms with Gasteiger partial charge in [-0.2, -0.15) is 5.10 Å². The Balaban J connectivity index is 1.66. The van der Waals surface area contributed by atoms with E-state index in [1.807, 2.05) is 45.0 Å². The number of aryl methyl sites for hydroxylation is 2. The largest absolute Gasteiger partial charge is 0.490 e. The maximum Gasteiger partial charge on any atom is 0.271 e. The first kappa shape index (κ1) is 26.5. The quantitative estimate of drug-likeness (QED) is 0.185. The molecule has 0 saturated carbocycles. The van der Waals surface area contributed by atoms with E-state index in [-0.39, 0.29) is 18.4 Å². The molecule has 0 aliphatic carbocycles. The summed E-state index contributed by atoms with van der Waals surface area (Å²) in [5, 5.41) is 7.44. The number of hydrogen-bond donors (Lipinski definition) is 2. The third kappa shape index (κ3) is 7.69. The summed E-state index contributed by atoms with van der Waals surface area (Å²) < 4.78 is 12.3. The molecule has 0 spiro atoms. The van der Waals surface area contributed by atoms with Crippen molar-refractivity contribution >= 4 is 57.9 Å². The van der Waals surface area contributed by atoms with Crippen LogP contribution < -0.4 is 20.2 Å². The molecule has 0 unspecified atom stereocenters. The molecule has 0 saturated heterocycles. The van der Waals surface area contributed by atoms with Gasteiger partial charge in [0.05, 0.1) is 16.4 Å². The molecule has 0 bridgehead atoms. The lowest BCUT2D eigenvalue weighted by Gasteiger charge is -2.15. The Morgan fingerprint density at radius 2 is 1.80 bits per heavy atom. The molecule has 0 fully saturated rings. The minimum Gasteiger partial charge on any atom is -0.490 e. The molecule has 2 amide bonds. The fourth-order valence-electron chi connectivity index (χ4n) is 3.17. The van der Waals surface area contributed by atoms with Crippen LogP contribution in [0.3, 0.4) is 0 Å². The van der Waals surface area contributed by atoms with Crippen LogP contribution in [0.1, 0.15) is 34.0 Å². The van der Waals surface area contributed by atoms with Crippen LogP contribution >= 0.6 is 34.2 Å². The van der Waals surface area contributed by atoms with Crippen molar-refractivity contribution in [2.75, 3.05) is 18.5 Å². The molecule has 0 aromatic heterocycles. The molecule has 3 rings (SSSR count). The summed E-state index contributed by atoms with van der Waals surface area (Å²) in [5.41, 5.74) is 6.48. The molecule has 7 nitrogen and oxygen atoms in total. The van der Waals surface area contributed by atoms with Gasteiger partial charge >= 0.3 is 0 Å². The molecule has 2 N–H and O–H groups in total. The SMILES string of the molecule is CCOc1cc(/C=N/NC(=O)c2ccc(Cl)cc2)cc(I)c1OCC(=O)Nc1ccc(C)cc1C. The monoisotopic (exact) mass is 605 g/mol. The summed E-state index contributed by atoms with van der Waals surface area (Å²) in [4.78, 5) is 24.7. The van der Waals surface area contributed by atoms with Gasteiger partial charge in [0.1, 0.15) is 0 Å². The van der Waals surface area contributed by atoms with Gasteiger partial charge in [-0.15, -0.1) is 0 Å². The highest BCUT2D eigenvalue weighted by atomic mass is 127. The highest BCUT2D eigenvalue weighted by Gasteiger charge is 2.14. The highest BCUT2D eigenvalue weighted by Crippen LogP contribution is 2.34. The number of carbonyl (C=O) groups excluding carboxylic acids is 2. The normalized spacial score (nSPS) is 10.8. The lowest BCUT2D eigenvalue weighted by molar-refractivity contribution is -0.118. The Labute approximate surface area is 223 Å². The van der Waals surface area contributed by atoms with Crippen LogP contribution in [0.4, 0.5) is 5.69 Å². The van der Waals surface area contributed by atoms with Crippen LogP contribution in [0.15, 0.2) is 59.7 Å². The Kier molecular flexibility index (Phi) is 9.50. The lowest BCUT2D eigenvalue weighted by Crippen LogP contribution is -2.21. The molecule has 3 aromatic rings. The van der Waals surface area contributed by atoms with E-state index in [0.29, 0.717) is 34.3 Å². The molecule has 9 heteroatoms. The third-order valence-corrected chi connectivity index (χ3v) is 5.87. The molecule has 35 heavy (non-hydrogen) atoms. The summed E-state index contributed by atoms with van der Waals surface area (Å²) in [5.74, 6) is 0.313. The van der Waals surface area contributed by atoms with Crippen molar-refractivity contribution in [1.82, 2.24) is 5.43 Å². The summed E-state index contributed by atoms with van der Waals surface area (Å²) in [6.45, 7) is 6.04. The van der Waals surface area contributed by atoms with Crippen LogP contribution in [0, 0.1) is 17.4 Å². The first-order valence-electron chi connectivity index (χ1n) is 10.8. The smallest absolute Gasteiger partial charge is 0.271 e. The number of hydrazone groups is 1. The second-order valence-electron chi connectivity index (χ2n) is 7.62. The summed E-state index contributed by atoms with van der Waals surface area (Å²) in [7, 11) is 0. The average molecular weight is 606 g/mol. The summed E-state index contributed by atoms with van der Waals surface area (Å²) >= 11 is 7.96. The molecule has 0 aliphatic heterocycles. The number of hydrogen-bond acceptors (Lipinski definition) is 5. The number of amides is 2. The second kappa shape index (κ2) is 12.6. The van der Waals surface area contributed by atoms with Crippen molar-refractivity contribution in [3.8, 4) is 11.5 Å². The molecule has 0 radical (unpaired) electrons. The number of benzene rings is 3. The maximum absolute atomic E-state index is 12.5. The van der Waals surface area contributed by atoms with Crippen molar-refractivity contribution in [2.24, 2.45) is 5.10 Å². The van der Waals surface area contributed by atoms with Crippen molar-refractivity contribution in [1.29, 1.82) is 0 Å². The zero-order valence-electron chi connectivity index (χ0n) is 19.5. The fraction of sp³-hybridized carbons (Fsp3) is 0.192. The molecular formula is C26H25ClIN3O4. The van der Waals surface area contributed by atoms with Gasteiger partial charge < -0.3 is 14.8 Å². The van der Waals surface area contributed by atoms with Gasteiger partial charge in [-0.25, -0.2) is 5.43 Å². The van der Waals surface area contributed by atoms with E-state index in [2.05, 4.69) is 38.4 Å². The average Bonchev–Trinajstić information content (AvgIpc) is 2.81. The van der Waals surface area contributed by atoms with E-state index >= 15 is 0 Å². The first-order chi connectivity index (χ1) is 16.8. The van der Waals surface area contributed by atoms with Crippen LogP contribution in [0.5, 0.6) is 11.5 Å². The van der Waals surface area contributed by atoms with Gasteiger partial charge in [-0.1, -0.05) is 29.3 Å². The van der Waals surface area contributed by atoms with E-state index in [0.717, 1.165) is 20.4 Å². The second-order valence-corrected chi connectivity index (χ2v) is 9.22. The predicted molar refractivity (Wildman–Crippen MR) is 147 cm³/mol. The summed E-state index contributed by atoms with van der Waals surface area (Å²) in [6.07, 6.45) is 1.51. The molecule has 0 heterocycles. The van der Waals surface area contributed by atoms with E-state index in [1.165, 1.54) is 6.21 Å². The minimum atomic E-state index is -0.354. The number of anilines is 1. The van der Waals surface area contributed by atoms with Gasteiger partial charge in [0.25, 0.3) is 11.8 Å². The molecule has 0 atom stereocenters. The fourth-order valence-corrected chi connectivity index (χ4v) is 4.08. The number of nitrogens with one attached hydrogen (secondary N) is 2. The van der Waals surface area contributed by atoms with E-state index in [1.54, 1.807) is 30.3 Å². The van der Waals surface area contributed by atoms with Gasteiger partial charge in [0, 0.05) is 16.3 Å². The highest BCUT2D eigenvalue weighted by molar-refractivity contribution is 14.1. The third-order valence-electron chi connectivity index (χ3n) is 4.82. The number of nitrogens with zero attached hydrogens (tertiary/aromatic N) is 1. The van der Waals surface area contributed by atoms with E-state index in [4.69, 9.17) is 21.1 Å². The Hall–Kier alpha value is -3.11. The lowest BCUT2D eigenvalue weighted by atomic mass is 10.1. The number of halogens is 2. The molecule has 0 aliphatic rings. The van der Waals surface area contributed by atoms with Crippen LogP contribution in [-0.4, -0.2) is 31.2 Å². The van der Waals surface area contributed by atoms with Crippen LogP contribution in [0.2, 0.25) is 5.02 Å². The van der Waals surface area contributed by atoms with Gasteiger partial charge in [0.15, 0.2) is 18.1 Å². The van der Waals surface area contributed by atoms with E-state index in [9.17, 15) is 9.59 Å². The number of ether oxygens (including phenoxy) is 2. The van der Waals surface area contributed by atoms with Crippen molar-refractivity contribution in [3.63, 3.8) is 0 Å². The molecule has 3 aromatic carbocycles. The zero-order chi connectivity index (χ0) is 25.4. The first-order valence-corrected chi connectivity index (χ1v) is 12.3. The molecule has 182 valence electrons. The molecular weight excluding hydrogens is 581 g/mol. The maximum atomic E-state index is 12.5. The van der Waals surface area contributed by atoms with Gasteiger partial charge in [-0.3, -0.25) is 9.59 Å². The standard InChI is InChI=1S/C26H25ClIN3O4/c1-4-34-23-13-18(14-29-31-26(33)19-6-8-20(27)9-7-19)12-21(28)25(23)35-15-24(32)30-22-10-5-16(2)11-17(22)3/h5-14H,4,15H2,1-3H3,(H,30,32)(H,31,33)/b29-14+. The summed E-state index contributed by atoms with van der Waals surface area (Å²) in [6, 6.07) is 15.9. The van der Waals surface area contributed by atoms with Gasteiger partial charge in [0.2, 0.25) is 0 Å². The Morgan fingerprint density at radius 3 is 2.49 bits per heavy atom.